The highest BCUT2D eigenvalue weighted by Crippen LogP contribution is 2.38. The Balaban J connectivity index is 1.39. The SMILES string of the molecule is CC(C)Oc1ccc(-c2ncc(-c3cccc4c3CCC4NC(=O)N3CCCC3)[nH]2)cc1C#N. The topological polar surface area (TPSA) is 94.0 Å². The number of likely N-dealkylation sites (tertiary alicyclic amines) is 1. The molecule has 1 fully saturated rings. The van der Waals surface area contributed by atoms with Crippen molar-refractivity contribution < 1.29 is 9.53 Å². The number of benzene rings is 2. The minimum absolute atomic E-state index is 0.00250. The molecule has 1 aliphatic carbocycles. The number of carbonyl (C=O) groups is 1. The van der Waals surface area contributed by atoms with Crippen molar-refractivity contribution >= 4 is 6.03 Å². The first-order valence-electron chi connectivity index (χ1n) is 12.0. The minimum atomic E-state index is -0.00250. The van der Waals surface area contributed by atoms with Gasteiger partial charge in [0.05, 0.1) is 29.6 Å². The molecule has 34 heavy (non-hydrogen) atoms. The van der Waals surface area contributed by atoms with E-state index >= 15 is 0 Å². The van der Waals surface area contributed by atoms with E-state index < -0.39 is 0 Å². The van der Waals surface area contributed by atoms with Crippen molar-refractivity contribution in [2.75, 3.05) is 13.1 Å². The maximum atomic E-state index is 12.6. The molecule has 2 N–H and O–H groups in total. The molecule has 2 aromatic carbocycles. The first-order chi connectivity index (χ1) is 16.5. The Bertz CT molecular complexity index is 1250. The number of hydrogen-bond donors (Lipinski definition) is 2. The summed E-state index contributed by atoms with van der Waals surface area (Å²) >= 11 is 0. The first-order valence-corrected chi connectivity index (χ1v) is 12.0. The smallest absolute Gasteiger partial charge is 0.317 e. The van der Waals surface area contributed by atoms with E-state index in [1.807, 2.05) is 43.1 Å². The minimum Gasteiger partial charge on any atom is -0.490 e. The molecule has 3 aromatic rings. The van der Waals surface area contributed by atoms with Gasteiger partial charge >= 0.3 is 6.03 Å². The maximum Gasteiger partial charge on any atom is 0.317 e. The van der Waals surface area contributed by atoms with E-state index in [2.05, 4.69) is 33.5 Å². The van der Waals surface area contributed by atoms with Crippen LogP contribution in [0.5, 0.6) is 5.75 Å². The van der Waals surface area contributed by atoms with Gasteiger partial charge in [0.15, 0.2) is 0 Å². The number of H-pyrrole nitrogens is 1. The molecule has 2 aliphatic rings. The molecular formula is C27H29N5O2. The van der Waals surface area contributed by atoms with Crippen molar-refractivity contribution in [1.82, 2.24) is 20.2 Å². The van der Waals surface area contributed by atoms with E-state index in [1.54, 1.807) is 6.07 Å². The lowest BCUT2D eigenvalue weighted by Gasteiger charge is -2.21. The quantitative estimate of drug-likeness (QED) is 0.553. The fourth-order valence-corrected chi connectivity index (χ4v) is 4.94. The predicted octanol–water partition coefficient (Wildman–Crippen LogP) is 5.20. The van der Waals surface area contributed by atoms with Crippen LogP contribution in [0.15, 0.2) is 42.6 Å². The van der Waals surface area contributed by atoms with Crippen molar-refractivity contribution in [3.05, 3.63) is 59.3 Å². The fraction of sp³-hybridized carbons (Fsp3) is 0.370. The number of ether oxygens (including phenoxy) is 1. The highest BCUT2D eigenvalue weighted by Gasteiger charge is 2.29. The number of hydrogen-bond acceptors (Lipinski definition) is 4. The van der Waals surface area contributed by atoms with Crippen molar-refractivity contribution in [2.45, 2.75) is 51.7 Å². The molecule has 7 heteroatoms. The number of aromatic nitrogens is 2. The van der Waals surface area contributed by atoms with Gasteiger partial charge in [0.25, 0.3) is 0 Å². The summed E-state index contributed by atoms with van der Waals surface area (Å²) in [6, 6.07) is 14.1. The molecule has 2 heterocycles. The Labute approximate surface area is 199 Å². The van der Waals surface area contributed by atoms with Crippen LogP contribution in [-0.4, -0.2) is 40.1 Å². The summed E-state index contributed by atoms with van der Waals surface area (Å²) in [6.07, 6.45) is 5.82. The largest absolute Gasteiger partial charge is 0.490 e. The number of urea groups is 1. The molecule has 0 radical (unpaired) electrons. The zero-order chi connectivity index (χ0) is 23.7. The van der Waals surface area contributed by atoms with E-state index in [4.69, 9.17) is 4.74 Å². The molecule has 174 valence electrons. The lowest BCUT2D eigenvalue weighted by atomic mass is 10.0. The molecule has 1 aliphatic heterocycles. The van der Waals surface area contributed by atoms with E-state index in [0.29, 0.717) is 17.1 Å². The highest BCUT2D eigenvalue weighted by atomic mass is 16.5. The number of nitriles is 1. The molecule has 1 aromatic heterocycles. The number of imidazole rings is 1. The summed E-state index contributed by atoms with van der Waals surface area (Å²) in [6.45, 7) is 5.57. The van der Waals surface area contributed by atoms with Gasteiger partial charge in [-0.05, 0) is 68.9 Å². The molecule has 1 unspecified atom stereocenters. The third kappa shape index (κ3) is 4.24. The van der Waals surface area contributed by atoms with Crippen LogP contribution in [0, 0.1) is 11.3 Å². The molecule has 5 rings (SSSR count). The summed E-state index contributed by atoms with van der Waals surface area (Å²) < 4.78 is 5.74. The van der Waals surface area contributed by atoms with Gasteiger partial charge < -0.3 is 19.9 Å². The number of amides is 2. The van der Waals surface area contributed by atoms with Crippen molar-refractivity contribution in [3.8, 4) is 34.5 Å². The van der Waals surface area contributed by atoms with Gasteiger partial charge in [0, 0.05) is 24.2 Å². The summed E-state index contributed by atoms with van der Waals surface area (Å²) in [4.78, 5) is 22.6. The third-order valence-corrected chi connectivity index (χ3v) is 6.56. The number of nitrogens with zero attached hydrogens (tertiary/aromatic N) is 3. The van der Waals surface area contributed by atoms with Crippen LogP contribution in [-0.2, 0) is 6.42 Å². The first kappa shape index (κ1) is 22.0. The monoisotopic (exact) mass is 455 g/mol. The van der Waals surface area contributed by atoms with E-state index in [1.165, 1.54) is 11.1 Å². The van der Waals surface area contributed by atoms with Crippen molar-refractivity contribution in [1.29, 1.82) is 5.26 Å². The number of fused-ring (bicyclic) bond motifs is 1. The highest BCUT2D eigenvalue weighted by molar-refractivity contribution is 5.76. The number of rotatable bonds is 5. The molecule has 7 nitrogen and oxygen atoms in total. The third-order valence-electron chi connectivity index (χ3n) is 6.56. The van der Waals surface area contributed by atoms with E-state index in [-0.39, 0.29) is 18.2 Å². The standard InChI is InChI=1S/C27H29N5O2/c1-17(2)34-25-11-8-18(14-19(25)15-28)26-29-16-24(30-26)22-7-5-6-21-20(22)9-10-23(21)31-27(33)32-12-3-4-13-32/h5-8,11,14,16-17,23H,3-4,9-10,12-13H2,1-2H3,(H,29,30)(H,31,33). The van der Waals surface area contributed by atoms with Crippen LogP contribution in [0.25, 0.3) is 22.6 Å². The zero-order valence-electron chi connectivity index (χ0n) is 19.6. The summed E-state index contributed by atoms with van der Waals surface area (Å²) in [7, 11) is 0. The van der Waals surface area contributed by atoms with Crippen LogP contribution in [0.4, 0.5) is 4.79 Å². The zero-order valence-corrected chi connectivity index (χ0v) is 19.6. The second-order valence-electron chi connectivity index (χ2n) is 9.24. The molecule has 1 atom stereocenters. The molecule has 0 saturated carbocycles. The summed E-state index contributed by atoms with van der Waals surface area (Å²) in [5.74, 6) is 1.29. The van der Waals surface area contributed by atoms with E-state index in [0.717, 1.165) is 55.6 Å². The van der Waals surface area contributed by atoms with Crippen LogP contribution < -0.4 is 10.1 Å². The van der Waals surface area contributed by atoms with Gasteiger partial charge in [0.1, 0.15) is 17.6 Å². The van der Waals surface area contributed by atoms with Gasteiger partial charge in [-0.3, -0.25) is 0 Å². The summed E-state index contributed by atoms with van der Waals surface area (Å²) in [5.41, 5.74) is 5.79. The lowest BCUT2D eigenvalue weighted by molar-refractivity contribution is 0.204. The lowest BCUT2D eigenvalue weighted by Crippen LogP contribution is -2.39. The number of nitrogens with one attached hydrogen (secondary N) is 2. The normalized spacial score (nSPS) is 17.0. The number of carbonyl (C=O) groups excluding carboxylic acids is 1. The van der Waals surface area contributed by atoms with Crippen molar-refractivity contribution in [3.63, 3.8) is 0 Å². The van der Waals surface area contributed by atoms with Gasteiger partial charge in [-0.1, -0.05) is 18.2 Å². The Hall–Kier alpha value is -3.79. The molecule has 2 amide bonds. The second-order valence-corrected chi connectivity index (χ2v) is 9.24. The van der Waals surface area contributed by atoms with Crippen LogP contribution >= 0.6 is 0 Å². The molecule has 0 spiro atoms. The Morgan fingerprint density at radius 1 is 1.26 bits per heavy atom. The average molecular weight is 456 g/mol. The molecular weight excluding hydrogens is 426 g/mol. The Kier molecular flexibility index (Phi) is 5.97. The summed E-state index contributed by atoms with van der Waals surface area (Å²) in [5, 5.41) is 12.8. The van der Waals surface area contributed by atoms with Crippen LogP contribution in [0.1, 0.15) is 55.8 Å². The van der Waals surface area contributed by atoms with Crippen molar-refractivity contribution in [2.24, 2.45) is 0 Å². The van der Waals surface area contributed by atoms with Gasteiger partial charge in [-0.25, -0.2) is 9.78 Å². The van der Waals surface area contributed by atoms with Crippen LogP contribution in [0.2, 0.25) is 0 Å². The Morgan fingerprint density at radius 3 is 2.85 bits per heavy atom. The second kappa shape index (κ2) is 9.22. The predicted molar refractivity (Wildman–Crippen MR) is 130 cm³/mol. The van der Waals surface area contributed by atoms with E-state index in [9.17, 15) is 10.1 Å². The molecule has 1 saturated heterocycles. The number of aromatic amines is 1. The van der Waals surface area contributed by atoms with Gasteiger partial charge in [-0.2, -0.15) is 5.26 Å². The van der Waals surface area contributed by atoms with Gasteiger partial charge in [-0.15, -0.1) is 0 Å². The maximum absolute atomic E-state index is 12.6. The van der Waals surface area contributed by atoms with Gasteiger partial charge in [0.2, 0.25) is 0 Å². The Morgan fingerprint density at radius 2 is 2.09 bits per heavy atom. The molecule has 0 bridgehead atoms. The van der Waals surface area contributed by atoms with Crippen LogP contribution in [0.3, 0.4) is 0 Å². The fourth-order valence-electron chi connectivity index (χ4n) is 4.94. The average Bonchev–Trinajstić information content (AvgIpc) is 3.60.